The smallest absolute Gasteiger partial charge is 0.337 e. The number of rotatable bonds is 6. The third-order valence-electron chi connectivity index (χ3n) is 3.72. The fraction of sp³-hybridized carbons (Fsp3) is 0.211. The quantitative estimate of drug-likeness (QED) is 0.799. The van der Waals surface area contributed by atoms with E-state index in [9.17, 15) is 18.8 Å². The third-order valence-corrected chi connectivity index (χ3v) is 3.72. The Morgan fingerprint density at radius 3 is 2.35 bits per heavy atom. The lowest BCUT2D eigenvalue weighted by atomic mass is 10.0. The van der Waals surface area contributed by atoms with Crippen molar-refractivity contribution in [1.82, 2.24) is 5.32 Å². The second-order valence-electron chi connectivity index (χ2n) is 5.42. The molecule has 0 radical (unpaired) electrons. The molecule has 6 nitrogen and oxygen atoms in total. The molecule has 0 aromatic heterocycles. The van der Waals surface area contributed by atoms with E-state index in [1.165, 1.54) is 56.7 Å². The Kier molecular flexibility index (Phi) is 6.43. The van der Waals surface area contributed by atoms with Crippen LogP contribution in [0.25, 0.3) is 0 Å². The summed E-state index contributed by atoms with van der Waals surface area (Å²) in [6.45, 7) is 0. The van der Waals surface area contributed by atoms with Crippen LogP contribution in [-0.2, 0) is 20.7 Å². The molecular weight excluding hydrogens is 341 g/mol. The molecule has 2 rings (SSSR count). The Balaban J connectivity index is 2.20. The van der Waals surface area contributed by atoms with Crippen LogP contribution in [0, 0.1) is 5.82 Å². The zero-order valence-corrected chi connectivity index (χ0v) is 14.3. The third kappa shape index (κ3) is 4.66. The van der Waals surface area contributed by atoms with Gasteiger partial charge in [0.25, 0.3) is 5.91 Å². The van der Waals surface area contributed by atoms with Crippen molar-refractivity contribution in [3.63, 3.8) is 0 Å². The van der Waals surface area contributed by atoms with Gasteiger partial charge in [-0.15, -0.1) is 0 Å². The van der Waals surface area contributed by atoms with E-state index < -0.39 is 29.7 Å². The molecule has 2 aromatic carbocycles. The predicted molar refractivity (Wildman–Crippen MR) is 91.2 cm³/mol. The van der Waals surface area contributed by atoms with Gasteiger partial charge in [0, 0.05) is 12.0 Å². The first-order chi connectivity index (χ1) is 12.5. The summed E-state index contributed by atoms with van der Waals surface area (Å²) in [5.74, 6) is -2.37. The summed E-state index contributed by atoms with van der Waals surface area (Å²) < 4.78 is 23.1. The van der Waals surface area contributed by atoms with Crippen molar-refractivity contribution in [2.75, 3.05) is 14.2 Å². The van der Waals surface area contributed by atoms with E-state index in [4.69, 9.17) is 4.74 Å². The van der Waals surface area contributed by atoms with Crippen LogP contribution in [0.2, 0.25) is 0 Å². The topological polar surface area (TPSA) is 81.7 Å². The van der Waals surface area contributed by atoms with Crippen LogP contribution in [0.15, 0.2) is 48.5 Å². The number of nitrogens with one attached hydrogen (secondary N) is 1. The van der Waals surface area contributed by atoms with E-state index in [2.05, 4.69) is 10.1 Å². The first kappa shape index (κ1) is 19.1. The maximum Gasteiger partial charge on any atom is 0.337 e. The number of carbonyl (C=O) groups is 3. The molecule has 0 bridgehead atoms. The van der Waals surface area contributed by atoms with Gasteiger partial charge in [-0.3, -0.25) is 4.79 Å². The molecule has 1 N–H and O–H groups in total. The van der Waals surface area contributed by atoms with Crippen LogP contribution < -0.4 is 5.32 Å². The van der Waals surface area contributed by atoms with Gasteiger partial charge in [0.05, 0.1) is 19.8 Å². The number of benzene rings is 2. The second kappa shape index (κ2) is 8.75. The Labute approximate surface area is 149 Å². The minimum atomic E-state index is -1.08. The summed E-state index contributed by atoms with van der Waals surface area (Å²) in [6, 6.07) is 10.7. The molecule has 0 aliphatic heterocycles. The van der Waals surface area contributed by atoms with E-state index in [0.29, 0.717) is 0 Å². The highest BCUT2D eigenvalue weighted by atomic mass is 19.1. The van der Waals surface area contributed by atoms with E-state index in [1.54, 1.807) is 6.07 Å². The highest BCUT2D eigenvalue weighted by molar-refractivity contribution is 5.99. The van der Waals surface area contributed by atoms with Crippen molar-refractivity contribution < 1.29 is 28.2 Å². The number of esters is 2. The van der Waals surface area contributed by atoms with Crippen molar-refractivity contribution in [3.05, 3.63) is 71.0 Å². The summed E-state index contributed by atoms with van der Waals surface area (Å²) in [6.07, 6.45) is -0.0677. The minimum Gasteiger partial charge on any atom is -0.467 e. The Hall–Kier alpha value is -3.22. The Morgan fingerprint density at radius 1 is 1.00 bits per heavy atom. The standard InChI is InChI=1S/C19H18FNO5/c1-25-18(23)14-8-5-7-13(10-14)17(22)21-16(19(24)26-2)11-12-6-3-4-9-15(12)20/h3-10,16H,11H2,1-2H3,(H,21,22)/t16-/m1/s1. The van der Waals surface area contributed by atoms with Crippen molar-refractivity contribution in [2.24, 2.45) is 0 Å². The van der Waals surface area contributed by atoms with Gasteiger partial charge in [-0.05, 0) is 29.8 Å². The molecular formula is C19H18FNO5. The largest absolute Gasteiger partial charge is 0.467 e. The van der Waals surface area contributed by atoms with Crippen molar-refractivity contribution in [3.8, 4) is 0 Å². The van der Waals surface area contributed by atoms with Gasteiger partial charge in [-0.1, -0.05) is 24.3 Å². The van der Waals surface area contributed by atoms with Crippen LogP contribution in [0.4, 0.5) is 4.39 Å². The lowest BCUT2D eigenvalue weighted by Crippen LogP contribution is -2.43. The highest BCUT2D eigenvalue weighted by Gasteiger charge is 2.24. The zero-order chi connectivity index (χ0) is 19.1. The Bertz CT molecular complexity index is 821. The molecule has 2 aromatic rings. The van der Waals surface area contributed by atoms with Gasteiger partial charge in [0.15, 0.2) is 0 Å². The maximum atomic E-state index is 13.8. The SMILES string of the molecule is COC(=O)c1cccc(C(=O)N[C@H](Cc2ccccc2F)C(=O)OC)c1. The fourth-order valence-electron chi connectivity index (χ4n) is 2.37. The van der Waals surface area contributed by atoms with E-state index in [-0.39, 0.29) is 23.1 Å². The normalized spacial score (nSPS) is 11.3. The molecule has 0 aliphatic rings. The van der Waals surface area contributed by atoms with Gasteiger partial charge in [0.2, 0.25) is 0 Å². The summed E-state index contributed by atoms with van der Waals surface area (Å²) >= 11 is 0. The second-order valence-corrected chi connectivity index (χ2v) is 5.42. The summed E-state index contributed by atoms with van der Waals surface area (Å²) in [7, 11) is 2.41. The number of amides is 1. The minimum absolute atomic E-state index is 0.0677. The number of hydrogen-bond acceptors (Lipinski definition) is 5. The molecule has 26 heavy (non-hydrogen) atoms. The Morgan fingerprint density at radius 2 is 1.69 bits per heavy atom. The van der Waals surface area contributed by atoms with Crippen molar-refractivity contribution >= 4 is 17.8 Å². The molecule has 1 atom stereocenters. The number of methoxy groups -OCH3 is 2. The van der Waals surface area contributed by atoms with E-state index in [1.807, 2.05) is 0 Å². The molecule has 0 saturated heterocycles. The van der Waals surface area contributed by atoms with Crippen molar-refractivity contribution in [1.29, 1.82) is 0 Å². The first-order valence-electron chi connectivity index (χ1n) is 7.76. The van der Waals surface area contributed by atoms with Crippen LogP contribution in [0.5, 0.6) is 0 Å². The summed E-state index contributed by atoms with van der Waals surface area (Å²) in [5.41, 5.74) is 0.630. The number of ether oxygens (including phenoxy) is 2. The lowest BCUT2D eigenvalue weighted by Gasteiger charge is -2.17. The zero-order valence-electron chi connectivity index (χ0n) is 14.3. The number of hydrogen-bond donors (Lipinski definition) is 1. The number of halogens is 1. The molecule has 0 heterocycles. The average Bonchev–Trinajstić information content (AvgIpc) is 2.67. The number of carbonyl (C=O) groups excluding carboxylic acids is 3. The van der Waals surface area contributed by atoms with Gasteiger partial charge < -0.3 is 14.8 Å². The molecule has 0 spiro atoms. The molecule has 0 unspecified atom stereocenters. The molecule has 0 aliphatic carbocycles. The van der Waals surface area contributed by atoms with E-state index >= 15 is 0 Å². The van der Waals surface area contributed by atoms with Gasteiger partial charge in [-0.25, -0.2) is 14.0 Å². The maximum absolute atomic E-state index is 13.8. The monoisotopic (exact) mass is 359 g/mol. The molecule has 136 valence electrons. The van der Waals surface area contributed by atoms with E-state index in [0.717, 1.165) is 0 Å². The molecule has 0 saturated carbocycles. The molecule has 7 heteroatoms. The van der Waals surface area contributed by atoms with Crippen LogP contribution in [0.1, 0.15) is 26.3 Å². The highest BCUT2D eigenvalue weighted by Crippen LogP contribution is 2.12. The van der Waals surface area contributed by atoms with Crippen molar-refractivity contribution in [2.45, 2.75) is 12.5 Å². The fourth-order valence-corrected chi connectivity index (χ4v) is 2.37. The predicted octanol–water partition coefficient (Wildman–Crippen LogP) is 2.13. The lowest BCUT2D eigenvalue weighted by molar-refractivity contribution is -0.142. The summed E-state index contributed by atoms with van der Waals surface area (Å²) in [4.78, 5) is 36.0. The van der Waals surface area contributed by atoms with Gasteiger partial charge in [0.1, 0.15) is 11.9 Å². The van der Waals surface area contributed by atoms with Crippen LogP contribution >= 0.6 is 0 Å². The van der Waals surface area contributed by atoms with Crippen LogP contribution in [-0.4, -0.2) is 38.1 Å². The molecule has 0 fully saturated rings. The van der Waals surface area contributed by atoms with Gasteiger partial charge in [-0.2, -0.15) is 0 Å². The first-order valence-corrected chi connectivity index (χ1v) is 7.76. The average molecular weight is 359 g/mol. The molecule has 1 amide bonds. The summed E-state index contributed by atoms with van der Waals surface area (Å²) in [5, 5.41) is 2.51. The van der Waals surface area contributed by atoms with Gasteiger partial charge >= 0.3 is 11.9 Å². The van der Waals surface area contributed by atoms with Crippen LogP contribution in [0.3, 0.4) is 0 Å².